The van der Waals surface area contributed by atoms with Crippen LogP contribution >= 0.6 is 0 Å². The molecule has 1 aliphatic rings. The van der Waals surface area contributed by atoms with E-state index in [1.807, 2.05) is 0 Å². The number of hydrogen-bond donors (Lipinski definition) is 0. The average molecular weight is 481 g/mol. The Hall–Kier alpha value is 0.178. The van der Waals surface area contributed by atoms with Crippen molar-refractivity contribution in [3.8, 4) is 0 Å². The first-order chi connectivity index (χ1) is 12.8. The third kappa shape index (κ3) is 10.9. The van der Waals surface area contributed by atoms with Gasteiger partial charge in [-0.1, -0.05) is 0 Å². The summed E-state index contributed by atoms with van der Waals surface area (Å²) < 4.78 is 31.3. The van der Waals surface area contributed by atoms with Crippen LogP contribution in [0.5, 0.6) is 0 Å². The molecule has 4 unspecified atom stereocenters. The molecule has 0 amide bonds. The molecule has 0 saturated carbocycles. The number of hydrogen-bond acceptors (Lipinski definition) is 6. The third-order valence-electron chi connectivity index (χ3n) is 3.89. The van der Waals surface area contributed by atoms with Crippen LogP contribution in [0.15, 0.2) is 0 Å². The summed E-state index contributed by atoms with van der Waals surface area (Å²) >= 11 is 0. The Morgan fingerprint density at radius 2 is 1.14 bits per heavy atom. The lowest BCUT2D eigenvalue weighted by Crippen LogP contribution is -2.63. The maximum atomic E-state index is 13.0. The van der Waals surface area contributed by atoms with Gasteiger partial charge in [0.1, 0.15) is 18.3 Å². The second kappa shape index (κ2) is 9.76. The Bertz CT molecular complexity index is 545. The van der Waals surface area contributed by atoms with Crippen molar-refractivity contribution in [2.45, 2.75) is 109 Å². The van der Waals surface area contributed by atoms with Crippen LogP contribution in [0.25, 0.3) is 0 Å². The molecule has 0 aromatic rings. The Morgan fingerprint density at radius 1 is 0.690 bits per heavy atom. The molecule has 1 fully saturated rings. The molecule has 10 heteroatoms. The maximum absolute atomic E-state index is 13.0. The Labute approximate surface area is 182 Å². The molecule has 0 N–H and O–H groups in total. The molecule has 0 bridgehead atoms. The molecular weight excluding hydrogens is 437 g/mol. The minimum absolute atomic E-state index is 0.330. The molecule has 1 saturated heterocycles. The molecule has 0 aliphatic carbocycles. The molecule has 0 aromatic heterocycles. The van der Waals surface area contributed by atoms with Crippen LogP contribution in [-0.4, -0.2) is 70.3 Å². The summed E-state index contributed by atoms with van der Waals surface area (Å²) in [6.07, 6.45) is -1.29. The van der Waals surface area contributed by atoms with Gasteiger partial charge in [0.15, 0.2) is 39.4 Å². The largest absolute Gasteiger partial charge is 0.457 e. The van der Waals surface area contributed by atoms with E-state index < -0.39 is 45.5 Å². The fourth-order valence-electron chi connectivity index (χ4n) is 3.09. The summed E-state index contributed by atoms with van der Waals surface area (Å²) in [5, 5.41) is 0. The Kier molecular flexibility index (Phi) is 9.16. The van der Waals surface area contributed by atoms with E-state index in [9.17, 15) is 4.79 Å². The summed E-state index contributed by atoms with van der Waals surface area (Å²) in [5.41, 5.74) is 0. The van der Waals surface area contributed by atoms with Crippen molar-refractivity contribution in [1.82, 2.24) is 0 Å². The van der Waals surface area contributed by atoms with Gasteiger partial charge in [-0.3, -0.25) is 0 Å². The van der Waals surface area contributed by atoms with Gasteiger partial charge in [0.2, 0.25) is 0 Å². The van der Waals surface area contributed by atoms with Crippen LogP contribution in [0.2, 0.25) is 78.6 Å². The SMILES string of the molecule is C[Si](C)(C)OCCC1OC(=O)C(O[Si](C)(C)C)C(O[Si](C)(C)C)C1O[Si](C)(C)C. The summed E-state index contributed by atoms with van der Waals surface area (Å²) in [4.78, 5) is 13.0. The monoisotopic (exact) mass is 480 g/mol. The molecule has 29 heavy (non-hydrogen) atoms. The number of ether oxygens (including phenoxy) is 1. The van der Waals surface area contributed by atoms with Gasteiger partial charge in [-0.25, -0.2) is 4.79 Å². The first-order valence-corrected chi connectivity index (χ1v) is 24.3. The van der Waals surface area contributed by atoms with Gasteiger partial charge in [-0.15, -0.1) is 0 Å². The third-order valence-corrected chi connectivity index (χ3v) is 7.88. The lowest BCUT2D eigenvalue weighted by atomic mass is 9.98. The van der Waals surface area contributed by atoms with E-state index in [2.05, 4.69) is 78.6 Å². The van der Waals surface area contributed by atoms with E-state index in [0.29, 0.717) is 13.0 Å². The standard InChI is InChI=1S/C19H44O6Si4/c1-26(2,3)21-14-13-15-16(23-27(4,5)6)17(24-28(7,8)9)18(19(20)22-15)25-29(10,11)12/h15-18H,13-14H2,1-12H3. The van der Waals surface area contributed by atoms with Gasteiger partial charge in [0.25, 0.3) is 0 Å². The van der Waals surface area contributed by atoms with Crippen LogP contribution in [0.3, 0.4) is 0 Å². The minimum Gasteiger partial charge on any atom is -0.457 e. The summed E-state index contributed by atoms with van der Waals surface area (Å²) in [5.74, 6) is -0.330. The lowest BCUT2D eigenvalue weighted by molar-refractivity contribution is -0.196. The predicted octanol–water partition coefficient (Wildman–Crippen LogP) is 4.81. The highest BCUT2D eigenvalue weighted by molar-refractivity contribution is 6.71. The molecule has 0 radical (unpaired) electrons. The molecule has 1 aliphatic heterocycles. The number of carbonyl (C=O) groups is 1. The maximum Gasteiger partial charge on any atom is 0.337 e. The second-order valence-corrected chi connectivity index (χ2v) is 29.7. The molecule has 0 aromatic carbocycles. The van der Waals surface area contributed by atoms with Crippen molar-refractivity contribution >= 4 is 39.2 Å². The smallest absolute Gasteiger partial charge is 0.337 e. The zero-order valence-electron chi connectivity index (χ0n) is 20.7. The van der Waals surface area contributed by atoms with Crippen LogP contribution in [0.1, 0.15) is 6.42 Å². The fourth-order valence-corrected chi connectivity index (χ4v) is 6.99. The van der Waals surface area contributed by atoms with E-state index in [4.69, 9.17) is 22.4 Å². The highest BCUT2D eigenvalue weighted by Gasteiger charge is 2.51. The zero-order valence-corrected chi connectivity index (χ0v) is 24.7. The molecule has 1 rings (SSSR count). The number of rotatable bonds is 10. The normalized spacial score (nSPS) is 27.1. The van der Waals surface area contributed by atoms with Crippen molar-refractivity contribution in [3.63, 3.8) is 0 Å². The molecule has 4 atom stereocenters. The average Bonchev–Trinajstić information content (AvgIpc) is 2.41. The summed E-state index contributed by atoms with van der Waals surface area (Å²) in [7, 11) is -7.52. The lowest BCUT2D eigenvalue weighted by Gasteiger charge is -2.46. The number of carbonyl (C=O) groups excluding carboxylic acids is 1. The summed E-state index contributed by atoms with van der Waals surface area (Å²) in [6, 6.07) is 0. The predicted molar refractivity (Wildman–Crippen MR) is 128 cm³/mol. The van der Waals surface area contributed by atoms with E-state index in [-0.39, 0.29) is 18.2 Å². The van der Waals surface area contributed by atoms with E-state index >= 15 is 0 Å². The Morgan fingerprint density at radius 3 is 1.55 bits per heavy atom. The highest BCUT2D eigenvalue weighted by Crippen LogP contribution is 2.32. The van der Waals surface area contributed by atoms with Crippen LogP contribution < -0.4 is 0 Å². The van der Waals surface area contributed by atoms with Gasteiger partial charge >= 0.3 is 5.97 Å². The van der Waals surface area contributed by atoms with E-state index in [1.54, 1.807) is 0 Å². The van der Waals surface area contributed by atoms with Crippen molar-refractivity contribution < 1.29 is 27.2 Å². The van der Waals surface area contributed by atoms with Gasteiger partial charge in [-0.05, 0) is 78.6 Å². The van der Waals surface area contributed by atoms with Gasteiger partial charge in [0, 0.05) is 13.0 Å². The Balaban J connectivity index is 3.21. The van der Waals surface area contributed by atoms with Crippen molar-refractivity contribution in [1.29, 1.82) is 0 Å². The van der Waals surface area contributed by atoms with Crippen molar-refractivity contribution in [2.75, 3.05) is 6.61 Å². The quantitative estimate of drug-likeness (QED) is 0.330. The van der Waals surface area contributed by atoms with Gasteiger partial charge in [-0.2, -0.15) is 0 Å². The first kappa shape index (κ1) is 27.2. The van der Waals surface area contributed by atoms with Gasteiger partial charge < -0.3 is 22.4 Å². The van der Waals surface area contributed by atoms with Gasteiger partial charge in [0.05, 0.1) is 0 Å². The molecule has 6 nitrogen and oxygen atoms in total. The molecule has 172 valence electrons. The van der Waals surface area contributed by atoms with E-state index in [0.717, 1.165) is 0 Å². The highest BCUT2D eigenvalue weighted by atomic mass is 28.4. The number of cyclic esters (lactones) is 1. The van der Waals surface area contributed by atoms with Crippen molar-refractivity contribution in [3.05, 3.63) is 0 Å². The van der Waals surface area contributed by atoms with Crippen LogP contribution in [0.4, 0.5) is 0 Å². The molecule has 0 spiro atoms. The van der Waals surface area contributed by atoms with E-state index in [1.165, 1.54) is 0 Å². The minimum atomic E-state index is -1.99. The molecular formula is C19H44O6Si4. The zero-order chi connectivity index (χ0) is 22.8. The van der Waals surface area contributed by atoms with Crippen LogP contribution in [-0.2, 0) is 27.2 Å². The molecule has 1 heterocycles. The van der Waals surface area contributed by atoms with Crippen molar-refractivity contribution in [2.24, 2.45) is 0 Å². The van der Waals surface area contributed by atoms with Crippen LogP contribution in [0, 0.1) is 0 Å². The number of esters is 1. The topological polar surface area (TPSA) is 63.2 Å². The second-order valence-electron chi connectivity index (χ2n) is 11.8. The first-order valence-electron chi connectivity index (χ1n) is 10.7. The fraction of sp³-hybridized carbons (Fsp3) is 0.947. The summed E-state index contributed by atoms with van der Waals surface area (Å²) in [6.45, 7) is 26.1.